The fourth-order valence-electron chi connectivity index (χ4n) is 4.35. The molecule has 0 aliphatic carbocycles. The van der Waals surface area contributed by atoms with Crippen molar-refractivity contribution in [2.24, 2.45) is 0 Å². The number of aromatic nitrogens is 1. The molecule has 2 aliphatic rings. The maximum absolute atomic E-state index is 13.3. The van der Waals surface area contributed by atoms with Crippen molar-refractivity contribution in [1.82, 2.24) is 15.2 Å². The van der Waals surface area contributed by atoms with Crippen LogP contribution in [-0.4, -0.2) is 40.8 Å². The zero-order chi connectivity index (χ0) is 18.9. The smallest absolute Gasteiger partial charge is 0.232 e. The van der Waals surface area contributed by atoms with E-state index >= 15 is 0 Å². The van der Waals surface area contributed by atoms with Crippen molar-refractivity contribution in [1.29, 1.82) is 0 Å². The Morgan fingerprint density at radius 3 is 2.89 bits per heavy atom. The van der Waals surface area contributed by atoms with Crippen molar-refractivity contribution in [3.05, 3.63) is 64.9 Å². The van der Waals surface area contributed by atoms with E-state index in [0.29, 0.717) is 37.4 Å². The van der Waals surface area contributed by atoms with E-state index in [-0.39, 0.29) is 17.9 Å². The van der Waals surface area contributed by atoms with E-state index in [1.807, 2.05) is 41.3 Å². The van der Waals surface area contributed by atoms with Gasteiger partial charge in [0, 0.05) is 43.0 Å². The van der Waals surface area contributed by atoms with Crippen LogP contribution in [0.4, 0.5) is 0 Å². The maximum Gasteiger partial charge on any atom is 0.232 e. The van der Waals surface area contributed by atoms with Crippen molar-refractivity contribution in [3.63, 3.8) is 0 Å². The second-order valence-corrected chi connectivity index (χ2v) is 7.75. The molecule has 0 radical (unpaired) electrons. The van der Waals surface area contributed by atoms with Gasteiger partial charge in [0.25, 0.3) is 0 Å². The van der Waals surface area contributed by atoms with Gasteiger partial charge in [0.05, 0.1) is 5.41 Å². The Kier molecular flexibility index (Phi) is 4.87. The molecular formula is C21H22ClN3O2. The van der Waals surface area contributed by atoms with Crippen LogP contribution in [0, 0.1) is 0 Å². The number of pyridine rings is 1. The van der Waals surface area contributed by atoms with Gasteiger partial charge in [0.15, 0.2) is 0 Å². The number of carbonyl (C=O) groups excluding carboxylic acids is 2. The van der Waals surface area contributed by atoms with Crippen LogP contribution >= 0.6 is 11.6 Å². The van der Waals surface area contributed by atoms with E-state index in [9.17, 15) is 9.59 Å². The molecule has 2 saturated heterocycles. The first-order valence-corrected chi connectivity index (χ1v) is 9.70. The summed E-state index contributed by atoms with van der Waals surface area (Å²) in [5.74, 6) is 0.0822. The van der Waals surface area contributed by atoms with E-state index in [2.05, 4.69) is 10.3 Å². The second kappa shape index (κ2) is 7.31. The van der Waals surface area contributed by atoms with E-state index in [4.69, 9.17) is 11.6 Å². The number of halogens is 1. The quantitative estimate of drug-likeness (QED) is 0.863. The van der Waals surface area contributed by atoms with Gasteiger partial charge in [0.2, 0.25) is 11.8 Å². The fourth-order valence-corrected chi connectivity index (χ4v) is 4.66. The summed E-state index contributed by atoms with van der Waals surface area (Å²) in [5, 5.41) is 3.66. The molecule has 2 amide bonds. The summed E-state index contributed by atoms with van der Waals surface area (Å²) in [6, 6.07) is 11.5. The Bertz CT molecular complexity index is 858. The van der Waals surface area contributed by atoms with Crippen LogP contribution in [0.15, 0.2) is 48.8 Å². The number of amides is 2. The third-order valence-corrected chi connectivity index (χ3v) is 6.05. The minimum atomic E-state index is -0.784. The van der Waals surface area contributed by atoms with Crippen LogP contribution in [0.5, 0.6) is 0 Å². The number of benzene rings is 1. The van der Waals surface area contributed by atoms with Gasteiger partial charge in [-0.3, -0.25) is 14.6 Å². The number of nitrogens with one attached hydrogen (secondary N) is 1. The van der Waals surface area contributed by atoms with E-state index in [0.717, 1.165) is 17.5 Å². The van der Waals surface area contributed by atoms with Gasteiger partial charge in [-0.1, -0.05) is 35.9 Å². The Hall–Kier alpha value is -2.40. The van der Waals surface area contributed by atoms with E-state index < -0.39 is 5.41 Å². The molecule has 5 nitrogen and oxygen atoms in total. The van der Waals surface area contributed by atoms with Crippen LogP contribution in [0.2, 0.25) is 5.02 Å². The lowest BCUT2D eigenvalue weighted by Crippen LogP contribution is -2.47. The molecule has 2 aliphatic heterocycles. The van der Waals surface area contributed by atoms with Crippen LogP contribution in [0.1, 0.15) is 30.4 Å². The van der Waals surface area contributed by atoms with Crippen LogP contribution < -0.4 is 5.32 Å². The number of hydrogen-bond donors (Lipinski definition) is 1. The Morgan fingerprint density at radius 1 is 1.30 bits per heavy atom. The number of hydrogen-bond acceptors (Lipinski definition) is 3. The Morgan fingerprint density at radius 2 is 2.15 bits per heavy atom. The zero-order valence-electron chi connectivity index (χ0n) is 15.0. The molecule has 27 heavy (non-hydrogen) atoms. The van der Waals surface area contributed by atoms with Gasteiger partial charge in [-0.25, -0.2) is 0 Å². The first-order valence-electron chi connectivity index (χ1n) is 9.32. The first-order chi connectivity index (χ1) is 13.1. The molecule has 0 unspecified atom stereocenters. The topological polar surface area (TPSA) is 62.3 Å². The zero-order valence-corrected chi connectivity index (χ0v) is 15.8. The molecular weight excluding hydrogens is 362 g/mol. The van der Waals surface area contributed by atoms with Gasteiger partial charge in [-0.05, 0) is 42.5 Å². The van der Waals surface area contributed by atoms with Crippen molar-refractivity contribution in [3.8, 4) is 0 Å². The lowest BCUT2D eigenvalue weighted by molar-refractivity contribution is -0.129. The van der Waals surface area contributed by atoms with E-state index in [1.54, 1.807) is 12.4 Å². The Balaban J connectivity index is 1.56. The summed E-state index contributed by atoms with van der Waals surface area (Å²) < 4.78 is 0. The molecule has 2 aromatic rings. The molecule has 2 fully saturated rings. The third-order valence-electron chi connectivity index (χ3n) is 5.72. The van der Waals surface area contributed by atoms with Crippen LogP contribution in [-0.2, 0) is 21.4 Å². The molecule has 0 bridgehead atoms. The molecule has 1 aromatic heterocycles. The van der Waals surface area contributed by atoms with Gasteiger partial charge in [-0.2, -0.15) is 0 Å². The lowest BCUT2D eigenvalue weighted by atomic mass is 9.76. The van der Waals surface area contributed by atoms with Crippen molar-refractivity contribution in [2.75, 3.05) is 13.1 Å². The minimum Gasteiger partial charge on any atom is -0.355 e. The summed E-state index contributed by atoms with van der Waals surface area (Å²) in [4.78, 5) is 31.5. The van der Waals surface area contributed by atoms with Gasteiger partial charge < -0.3 is 10.2 Å². The van der Waals surface area contributed by atoms with Crippen molar-refractivity contribution in [2.45, 2.75) is 37.1 Å². The first kappa shape index (κ1) is 18.0. The number of rotatable bonds is 5. The standard InChI is InChI=1S/C21H22ClN3O2/c22-18-6-2-1-5-17(18)21(12-16-7-8-19(26)25(16)14-21)20(27)24-11-9-15-4-3-10-23-13-15/h1-6,10,13,16H,7-9,11-12,14H2,(H,24,27)/t16-,21+/m0/s1. The second-order valence-electron chi connectivity index (χ2n) is 7.35. The highest BCUT2D eigenvalue weighted by molar-refractivity contribution is 6.31. The highest BCUT2D eigenvalue weighted by atomic mass is 35.5. The number of nitrogens with zero attached hydrogens (tertiary/aromatic N) is 2. The highest BCUT2D eigenvalue weighted by Gasteiger charge is 2.54. The summed E-state index contributed by atoms with van der Waals surface area (Å²) >= 11 is 6.47. The summed E-state index contributed by atoms with van der Waals surface area (Å²) in [7, 11) is 0. The molecule has 1 N–H and O–H groups in total. The van der Waals surface area contributed by atoms with Crippen molar-refractivity contribution < 1.29 is 9.59 Å². The van der Waals surface area contributed by atoms with Gasteiger partial charge in [-0.15, -0.1) is 0 Å². The summed E-state index contributed by atoms with van der Waals surface area (Å²) in [6.07, 6.45) is 6.27. The molecule has 0 spiro atoms. The molecule has 3 heterocycles. The summed E-state index contributed by atoms with van der Waals surface area (Å²) in [5.41, 5.74) is 1.10. The van der Waals surface area contributed by atoms with Crippen LogP contribution in [0.25, 0.3) is 0 Å². The largest absolute Gasteiger partial charge is 0.355 e. The molecule has 140 valence electrons. The monoisotopic (exact) mass is 383 g/mol. The number of fused-ring (bicyclic) bond motifs is 1. The molecule has 6 heteroatoms. The fraction of sp³-hybridized carbons (Fsp3) is 0.381. The highest BCUT2D eigenvalue weighted by Crippen LogP contribution is 2.45. The minimum absolute atomic E-state index is 0.0540. The van der Waals surface area contributed by atoms with Gasteiger partial charge >= 0.3 is 0 Å². The molecule has 2 atom stereocenters. The predicted molar refractivity (Wildman–Crippen MR) is 103 cm³/mol. The van der Waals surface area contributed by atoms with Crippen LogP contribution in [0.3, 0.4) is 0 Å². The average Bonchev–Trinajstić information content (AvgIpc) is 3.23. The third kappa shape index (κ3) is 3.32. The lowest BCUT2D eigenvalue weighted by Gasteiger charge is -2.29. The number of carbonyl (C=O) groups is 2. The Labute approximate surface area is 163 Å². The SMILES string of the molecule is O=C1CC[C@H]2C[C@](C(=O)NCCc3cccnc3)(c3ccccc3Cl)CN12. The normalized spacial score (nSPS) is 24.1. The average molecular weight is 384 g/mol. The molecule has 0 saturated carbocycles. The predicted octanol–water partition coefficient (Wildman–Crippen LogP) is 2.73. The molecule has 4 rings (SSSR count). The van der Waals surface area contributed by atoms with E-state index in [1.165, 1.54) is 0 Å². The van der Waals surface area contributed by atoms with Crippen molar-refractivity contribution >= 4 is 23.4 Å². The van der Waals surface area contributed by atoms with Gasteiger partial charge in [0.1, 0.15) is 0 Å². The maximum atomic E-state index is 13.3. The summed E-state index contributed by atoms with van der Waals surface area (Å²) in [6.45, 7) is 0.925. The molecule has 1 aromatic carbocycles.